The second-order valence-electron chi connectivity index (χ2n) is 5.68. The minimum Gasteiger partial charge on any atom is -0.438 e. The van der Waals surface area contributed by atoms with Gasteiger partial charge in [0.1, 0.15) is 17.4 Å². The lowest BCUT2D eigenvalue weighted by Gasteiger charge is -2.18. The summed E-state index contributed by atoms with van der Waals surface area (Å²) in [7, 11) is 0. The molecule has 0 radical (unpaired) electrons. The zero-order valence-corrected chi connectivity index (χ0v) is 12.4. The van der Waals surface area contributed by atoms with Crippen LogP contribution in [0.4, 0.5) is 5.82 Å². The van der Waals surface area contributed by atoms with E-state index < -0.39 is 0 Å². The van der Waals surface area contributed by atoms with Gasteiger partial charge in [0.25, 0.3) is 0 Å². The van der Waals surface area contributed by atoms with E-state index in [0.717, 1.165) is 0 Å². The summed E-state index contributed by atoms with van der Waals surface area (Å²) in [4.78, 5) is 8.74. The zero-order chi connectivity index (χ0) is 15.5. The Labute approximate surface area is 124 Å². The van der Waals surface area contributed by atoms with Gasteiger partial charge in [0, 0.05) is 17.0 Å². The van der Waals surface area contributed by atoms with Crippen LogP contribution in [0.15, 0.2) is 30.3 Å². The Morgan fingerprint density at radius 3 is 2.57 bits per heavy atom. The van der Waals surface area contributed by atoms with Crippen molar-refractivity contribution >= 4 is 5.82 Å². The van der Waals surface area contributed by atoms with E-state index in [4.69, 9.17) is 10.6 Å². The molecule has 1 aromatic heterocycles. The molecule has 6 nitrogen and oxygen atoms in total. The third-order valence-electron chi connectivity index (χ3n) is 2.88. The highest BCUT2D eigenvalue weighted by Gasteiger charge is 2.20. The monoisotopic (exact) mass is 288 g/mol. The average molecular weight is 288 g/mol. The van der Waals surface area contributed by atoms with Crippen molar-refractivity contribution in [3.8, 4) is 11.6 Å². The van der Waals surface area contributed by atoms with Gasteiger partial charge in [0.2, 0.25) is 5.88 Å². The van der Waals surface area contributed by atoms with Crippen LogP contribution in [0.5, 0.6) is 11.6 Å². The molecule has 0 bridgehead atoms. The van der Waals surface area contributed by atoms with E-state index in [-0.39, 0.29) is 12.0 Å². The van der Waals surface area contributed by atoms with E-state index >= 15 is 0 Å². The van der Waals surface area contributed by atoms with Crippen molar-refractivity contribution in [2.24, 2.45) is 5.84 Å². The standard InChI is InChI=1S/C15H20N4O2/c1-15(2,3)14-17-12(19-16)8-13(18-14)21-11-7-5-4-6-10(11)9-20/h4-8,20H,9,16H2,1-3H3,(H,17,18,19). The Hall–Kier alpha value is -2.18. The molecule has 6 heteroatoms. The van der Waals surface area contributed by atoms with E-state index in [0.29, 0.717) is 28.8 Å². The fraction of sp³-hybridized carbons (Fsp3) is 0.333. The molecule has 2 rings (SSSR count). The first-order chi connectivity index (χ1) is 9.94. The number of para-hydroxylation sites is 1. The number of benzene rings is 1. The molecule has 21 heavy (non-hydrogen) atoms. The summed E-state index contributed by atoms with van der Waals surface area (Å²) in [6.07, 6.45) is 0. The van der Waals surface area contributed by atoms with Gasteiger partial charge in [-0.25, -0.2) is 10.8 Å². The highest BCUT2D eigenvalue weighted by atomic mass is 16.5. The minimum atomic E-state index is -0.235. The van der Waals surface area contributed by atoms with Gasteiger partial charge in [0.15, 0.2) is 0 Å². The highest BCUT2D eigenvalue weighted by Crippen LogP contribution is 2.28. The van der Waals surface area contributed by atoms with Gasteiger partial charge in [-0.15, -0.1) is 0 Å². The fourth-order valence-corrected chi connectivity index (χ4v) is 1.73. The van der Waals surface area contributed by atoms with Crippen molar-refractivity contribution in [2.75, 3.05) is 5.43 Å². The number of anilines is 1. The second kappa shape index (κ2) is 6.07. The number of nitrogens with two attached hydrogens (primary N) is 1. The van der Waals surface area contributed by atoms with Crippen molar-refractivity contribution in [3.63, 3.8) is 0 Å². The lowest BCUT2D eigenvalue weighted by Crippen LogP contribution is -2.19. The van der Waals surface area contributed by atoms with Crippen LogP contribution in [0.25, 0.3) is 0 Å². The Balaban J connectivity index is 2.39. The molecule has 0 atom stereocenters. The molecule has 0 aliphatic heterocycles. The Kier molecular flexibility index (Phi) is 4.40. The normalized spacial score (nSPS) is 11.3. The maximum Gasteiger partial charge on any atom is 0.224 e. The molecule has 1 aromatic carbocycles. The van der Waals surface area contributed by atoms with Gasteiger partial charge in [-0.3, -0.25) is 0 Å². The summed E-state index contributed by atoms with van der Waals surface area (Å²) >= 11 is 0. The Morgan fingerprint density at radius 1 is 1.24 bits per heavy atom. The molecule has 0 saturated heterocycles. The van der Waals surface area contributed by atoms with Crippen molar-refractivity contribution in [1.29, 1.82) is 0 Å². The van der Waals surface area contributed by atoms with Crippen LogP contribution in [0.3, 0.4) is 0 Å². The molecule has 0 saturated carbocycles. The molecule has 1 heterocycles. The van der Waals surface area contributed by atoms with E-state index in [1.54, 1.807) is 18.2 Å². The number of hydrogen-bond donors (Lipinski definition) is 3. The van der Waals surface area contributed by atoms with Gasteiger partial charge < -0.3 is 15.3 Å². The number of hydrazine groups is 1. The quantitative estimate of drug-likeness (QED) is 0.590. The number of aromatic nitrogens is 2. The Bertz CT molecular complexity index is 623. The molecular formula is C15H20N4O2. The maximum absolute atomic E-state index is 9.34. The van der Waals surface area contributed by atoms with Gasteiger partial charge >= 0.3 is 0 Å². The predicted molar refractivity (Wildman–Crippen MR) is 81.0 cm³/mol. The summed E-state index contributed by atoms with van der Waals surface area (Å²) < 4.78 is 5.77. The van der Waals surface area contributed by atoms with E-state index in [9.17, 15) is 5.11 Å². The van der Waals surface area contributed by atoms with Crippen LogP contribution < -0.4 is 16.0 Å². The largest absolute Gasteiger partial charge is 0.438 e. The lowest BCUT2D eigenvalue weighted by molar-refractivity contribution is 0.276. The van der Waals surface area contributed by atoms with Crippen molar-refractivity contribution < 1.29 is 9.84 Å². The first-order valence-electron chi connectivity index (χ1n) is 6.67. The number of nitrogens with one attached hydrogen (secondary N) is 1. The average Bonchev–Trinajstić information content (AvgIpc) is 2.46. The Morgan fingerprint density at radius 2 is 1.95 bits per heavy atom. The van der Waals surface area contributed by atoms with E-state index in [1.165, 1.54) is 0 Å². The predicted octanol–water partition coefficient (Wildman–Crippen LogP) is 2.34. The fourth-order valence-electron chi connectivity index (χ4n) is 1.73. The number of aliphatic hydroxyl groups is 1. The van der Waals surface area contributed by atoms with Crippen molar-refractivity contribution in [2.45, 2.75) is 32.8 Å². The van der Waals surface area contributed by atoms with Gasteiger partial charge in [0.05, 0.1) is 6.61 Å². The van der Waals surface area contributed by atoms with Crippen molar-refractivity contribution in [1.82, 2.24) is 9.97 Å². The topological polar surface area (TPSA) is 93.3 Å². The molecule has 0 spiro atoms. The van der Waals surface area contributed by atoms with Gasteiger partial charge in [-0.2, -0.15) is 4.98 Å². The van der Waals surface area contributed by atoms with E-state index in [2.05, 4.69) is 15.4 Å². The molecule has 0 aliphatic rings. The van der Waals surface area contributed by atoms with E-state index in [1.807, 2.05) is 32.9 Å². The molecule has 4 N–H and O–H groups in total. The molecule has 112 valence electrons. The van der Waals surface area contributed by atoms with Crippen LogP contribution in [0.1, 0.15) is 32.2 Å². The minimum absolute atomic E-state index is 0.102. The number of nitrogens with zero attached hydrogens (tertiary/aromatic N) is 2. The van der Waals surface area contributed by atoms with Crippen LogP contribution >= 0.6 is 0 Å². The summed E-state index contributed by atoms with van der Waals surface area (Å²) in [6, 6.07) is 8.86. The highest BCUT2D eigenvalue weighted by molar-refractivity contribution is 5.41. The van der Waals surface area contributed by atoms with Crippen LogP contribution in [-0.2, 0) is 12.0 Å². The maximum atomic E-state index is 9.34. The van der Waals surface area contributed by atoms with Gasteiger partial charge in [-0.1, -0.05) is 39.0 Å². The summed E-state index contributed by atoms with van der Waals surface area (Å²) in [5.41, 5.74) is 2.97. The van der Waals surface area contributed by atoms with Crippen LogP contribution in [0.2, 0.25) is 0 Å². The number of nitrogen functional groups attached to an aromatic ring is 1. The molecule has 0 fully saturated rings. The third-order valence-corrected chi connectivity index (χ3v) is 2.88. The third kappa shape index (κ3) is 3.68. The molecule has 0 amide bonds. The number of aliphatic hydroxyl groups excluding tert-OH is 1. The number of rotatable bonds is 4. The first-order valence-corrected chi connectivity index (χ1v) is 6.67. The summed E-state index contributed by atoms with van der Waals surface area (Å²) in [6.45, 7) is 5.92. The second-order valence-corrected chi connectivity index (χ2v) is 5.68. The van der Waals surface area contributed by atoms with Crippen LogP contribution in [-0.4, -0.2) is 15.1 Å². The molecule has 0 aliphatic carbocycles. The zero-order valence-electron chi connectivity index (χ0n) is 12.4. The van der Waals surface area contributed by atoms with Crippen LogP contribution in [0, 0.1) is 0 Å². The smallest absolute Gasteiger partial charge is 0.224 e. The molecule has 0 unspecified atom stereocenters. The SMILES string of the molecule is CC(C)(C)c1nc(NN)cc(Oc2ccccc2CO)n1. The molecule has 2 aromatic rings. The first kappa shape index (κ1) is 15.2. The summed E-state index contributed by atoms with van der Waals surface area (Å²) in [5.74, 6) is 7.48. The summed E-state index contributed by atoms with van der Waals surface area (Å²) in [5, 5.41) is 9.34. The van der Waals surface area contributed by atoms with Gasteiger partial charge in [-0.05, 0) is 6.07 Å². The lowest BCUT2D eigenvalue weighted by atomic mass is 9.96. The molecular weight excluding hydrogens is 268 g/mol. The number of hydrogen-bond acceptors (Lipinski definition) is 6. The number of ether oxygens (including phenoxy) is 1. The van der Waals surface area contributed by atoms with Crippen molar-refractivity contribution in [3.05, 3.63) is 41.7 Å².